The summed E-state index contributed by atoms with van der Waals surface area (Å²) in [6.45, 7) is 6.83. The molecule has 0 radical (unpaired) electrons. The Bertz CT molecular complexity index is 739. The minimum atomic E-state index is -0.542. The minimum Gasteiger partial charge on any atom is -0.489 e. The maximum absolute atomic E-state index is 12.2. The molecule has 0 fully saturated rings. The lowest BCUT2D eigenvalue weighted by atomic mass is 10.2. The van der Waals surface area contributed by atoms with E-state index in [1.165, 1.54) is 4.90 Å². The third-order valence-corrected chi connectivity index (χ3v) is 4.05. The maximum Gasteiger partial charge on any atom is 0.326 e. The number of alkyl halides is 1. The van der Waals surface area contributed by atoms with Crippen molar-refractivity contribution in [1.82, 2.24) is 0 Å². The number of carbonyl (C=O) groups is 2. The molecule has 1 heterocycles. The van der Waals surface area contributed by atoms with E-state index < -0.39 is 5.60 Å². The lowest BCUT2D eigenvalue weighted by Crippen LogP contribution is -2.39. The number of rotatable bonds is 6. The van der Waals surface area contributed by atoms with Crippen molar-refractivity contribution in [3.05, 3.63) is 18.2 Å². The van der Waals surface area contributed by atoms with Crippen LogP contribution < -0.4 is 14.5 Å². The van der Waals surface area contributed by atoms with E-state index >= 15 is 0 Å². The second-order valence-corrected chi connectivity index (χ2v) is 7.36. The van der Waals surface area contributed by atoms with Crippen molar-refractivity contribution in [3.8, 4) is 11.8 Å². The number of amides is 1. The lowest BCUT2D eigenvalue weighted by molar-refractivity contribution is -0.153. The fraction of sp³-hybridized carbons (Fsp3) is 0.526. The predicted octanol–water partition coefficient (Wildman–Crippen LogP) is 2.71. The molecule has 27 heavy (non-hydrogen) atoms. The van der Waals surface area contributed by atoms with E-state index in [0.29, 0.717) is 24.6 Å². The van der Waals surface area contributed by atoms with Gasteiger partial charge in [-0.3, -0.25) is 9.59 Å². The molecule has 0 aromatic heterocycles. The van der Waals surface area contributed by atoms with Crippen molar-refractivity contribution in [2.75, 3.05) is 41.9 Å². The normalized spacial score (nSPS) is 13.2. The van der Waals surface area contributed by atoms with E-state index in [1.54, 1.807) is 18.2 Å². The molecule has 1 aromatic rings. The molecule has 2 rings (SSSR count). The summed E-state index contributed by atoms with van der Waals surface area (Å²) in [6.07, 6.45) is 0.200. The first-order valence-electron chi connectivity index (χ1n) is 8.72. The number of benzene rings is 1. The van der Waals surface area contributed by atoms with Crippen molar-refractivity contribution in [1.29, 1.82) is 5.26 Å². The van der Waals surface area contributed by atoms with Gasteiger partial charge in [-0.25, -0.2) is 0 Å². The first-order valence-corrected chi connectivity index (χ1v) is 9.25. The molecule has 146 valence electrons. The lowest BCUT2D eigenvalue weighted by Gasteiger charge is -2.32. The molecule has 0 saturated heterocycles. The Morgan fingerprint density at radius 2 is 2.15 bits per heavy atom. The standard InChI is InChI=1S/C19H24ClN3O4/c1-19(2,3)27-18(25)13-22-9-10-26-16-11-14(5-6-15(16)22)23(8-4-7-21)17(24)12-20/h5-6,11H,4,8-10,12-13H2,1-3H3. The van der Waals surface area contributed by atoms with Gasteiger partial charge in [-0.1, -0.05) is 0 Å². The molecule has 0 aliphatic carbocycles. The SMILES string of the molecule is CC(C)(C)OC(=O)CN1CCOc2cc(N(CCC#N)C(=O)CCl)ccc21. The van der Waals surface area contributed by atoms with Gasteiger partial charge in [0.15, 0.2) is 0 Å². The van der Waals surface area contributed by atoms with Crippen LogP contribution in [0.3, 0.4) is 0 Å². The number of nitrogens with zero attached hydrogens (tertiary/aromatic N) is 3. The van der Waals surface area contributed by atoms with Gasteiger partial charge < -0.3 is 19.3 Å². The molecule has 0 N–H and O–H groups in total. The summed E-state index contributed by atoms with van der Waals surface area (Å²) in [6, 6.07) is 7.33. The second kappa shape index (κ2) is 8.96. The number of fused-ring (bicyclic) bond motifs is 1. The van der Waals surface area contributed by atoms with Crippen LogP contribution in [0, 0.1) is 11.3 Å². The summed E-state index contributed by atoms with van der Waals surface area (Å²) in [5.41, 5.74) is 0.822. The zero-order chi connectivity index (χ0) is 20.0. The number of esters is 1. The van der Waals surface area contributed by atoms with Gasteiger partial charge in [0.1, 0.15) is 30.4 Å². The van der Waals surface area contributed by atoms with Crippen LogP contribution in [0.15, 0.2) is 18.2 Å². The number of anilines is 2. The Morgan fingerprint density at radius 3 is 2.78 bits per heavy atom. The summed E-state index contributed by atoms with van der Waals surface area (Å²) >= 11 is 5.69. The molecule has 0 bridgehead atoms. The van der Waals surface area contributed by atoms with Gasteiger partial charge in [0, 0.05) is 18.3 Å². The highest BCUT2D eigenvalue weighted by molar-refractivity contribution is 6.29. The highest BCUT2D eigenvalue weighted by Crippen LogP contribution is 2.35. The zero-order valence-corrected chi connectivity index (χ0v) is 16.6. The third-order valence-electron chi connectivity index (χ3n) is 3.82. The number of hydrogen-bond donors (Lipinski definition) is 0. The van der Waals surface area contributed by atoms with Crippen LogP contribution in [0.25, 0.3) is 0 Å². The van der Waals surface area contributed by atoms with Gasteiger partial charge in [0.25, 0.3) is 0 Å². The smallest absolute Gasteiger partial charge is 0.326 e. The molecule has 0 saturated carbocycles. The number of nitriles is 1. The first-order chi connectivity index (χ1) is 12.7. The van der Waals surface area contributed by atoms with Gasteiger partial charge in [-0.05, 0) is 32.9 Å². The van der Waals surface area contributed by atoms with Crippen LogP contribution in [0.4, 0.5) is 11.4 Å². The molecule has 0 spiro atoms. The van der Waals surface area contributed by atoms with Crippen LogP contribution in [-0.4, -0.2) is 49.6 Å². The van der Waals surface area contributed by atoms with Gasteiger partial charge in [0.2, 0.25) is 5.91 Å². The van der Waals surface area contributed by atoms with Crippen molar-refractivity contribution in [2.24, 2.45) is 0 Å². The average Bonchev–Trinajstić information content (AvgIpc) is 2.60. The first kappa shape index (κ1) is 20.8. The van der Waals surface area contributed by atoms with Crippen molar-refractivity contribution in [2.45, 2.75) is 32.8 Å². The summed E-state index contributed by atoms with van der Waals surface area (Å²) < 4.78 is 11.1. The Kier molecular flexibility index (Phi) is 6.92. The second-order valence-electron chi connectivity index (χ2n) is 7.10. The quantitative estimate of drug-likeness (QED) is 0.546. The van der Waals surface area contributed by atoms with Crippen molar-refractivity contribution >= 4 is 34.9 Å². The molecule has 1 aliphatic heterocycles. The molecule has 1 aromatic carbocycles. The van der Waals surface area contributed by atoms with Gasteiger partial charge in [0.05, 0.1) is 24.7 Å². The third kappa shape index (κ3) is 5.76. The largest absolute Gasteiger partial charge is 0.489 e. The van der Waals surface area contributed by atoms with Gasteiger partial charge in [-0.15, -0.1) is 11.6 Å². The molecule has 0 unspecified atom stereocenters. The number of hydrogen-bond acceptors (Lipinski definition) is 6. The Labute approximate surface area is 164 Å². The van der Waals surface area contributed by atoms with Crippen LogP contribution in [-0.2, 0) is 14.3 Å². The van der Waals surface area contributed by atoms with E-state index in [1.807, 2.05) is 31.7 Å². The number of halogens is 1. The minimum absolute atomic E-state index is 0.117. The van der Waals surface area contributed by atoms with Crippen LogP contribution >= 0.6 is 11.6 Å². The monoisotopic (exact) mass is 393 g/mol. The van der Waals surface area contributed by atoms with E-state index in [0.717, 1.165) is 5.69 Å². The van der Waals surface area contributed by atoms with Crippen LogP contribution in [0.2, 0.25) is 0 Å². The highest BCUT2D eigenvalue weighted by atomic mass is 35.5. The van der Waals surface area contributed by atoms with E-state index in [-0.39, 0.29) is 37.3 Å². The average molecular weight is 394 g/mol. The number of carbonyl (C=O) groups excluding carboxylic acids is 2. The van der Waals surface area contributed by atoms with E-state index in [9.17, 15) is 9.59 Å². The van der Waals surface area contributed by atoms with Crippen LogP contribution in [0.5, 0.6) is 5.75 Å². The molecular weight excluding hydrogens is 370 g/mol. The van der Waals surface area contributed by atoms with Gasteiger partial charge >= 0.3 is 5.97 Å². The topological polar surface area (TPSA) is 82.9 Å². The van der Waals surface area contributed by atoms with E-state index in [4.69, 9.17) is 26.3 Å². The maximum atomic E-state index is 12.2. The van der Waals surface area contributed by atoms with Gasteiger partial charge in [-0.2, -0.15) is 5.26 Å². The predicted molar refractivity (Wildman–Crippen MR) is 103 cm³/mol. The fourth-order valence-electron chi connectivity index (χ4n) is 2.76. The Balaban J connectivity index is 2.21. The Morgan fingerprint density at radius 1 is 1.41 bits per heavy atom. The number of ether oxygens (including phenoxy) is 2. The van der Waals surface area contributed by atoms with E-state index in [2.05, 4.69) is 0 Å². The summed E-state index contributed by atoms with van der Waals surface area (Å²) in [5, 5.41) is 8.81. The zero-order valence-electron chi connectivity index (χ0n) is 15.8. The molecule has 8 heteroatoms. The van der Waals surface area contributed by atoms with Crippen LogP contribution in [0.1, 0.15) is 27.2 Å². The highest BCUT2D eigenvalue weighted by Gasteiger charge is 2.25. The molecule has 1 amide bonds. The Hall–Kier alpha value is -2.46. The molecular formula is C19H24ClN3O4. The summed E-state index contributed by atoms with van der Waals surface area (Å²) in [4.78, 5) is 27.6. The van der Waals surface area contributed by atoms with Crippen molar-refractivity contribution < 1.29 is 19.1 Å². The molecule has 0 atom stereocenters. The molecule has 1 aliphatic rings. The summed E-state index contributed by atoms with van der Waals surface area (Å²) in [7, 11) is 0. The summed E-state index contributed by atoms with van der Waals surface area (Å²) in [5.74, 6) is -0.193. The molecule has 7 nitrogen and oxygen atoms in total. The van der Waals surface area contributed by atoms with Crippen molar-refractivity contribution in [3.63, 3.8) is 0 Å². The fourth-order valence-corrected chi connectivity index (χ4v) is 2.90.